The molecule has 0 bridgehead atoms. The van der Waals surface area contributed by atoms with Crippen LogP contribution in [0.15, 0.2) is 78.0 Å². The Morgan fingerprint density at radius 3 is 2.56 bits per heavy atom. The SMILES string of the molecule is O=C(/C=C/c1ccn(S(=O)(=O)c2cccc(-c3ccc(CCN4CCOCC4)cc3)c2)c1)NO. The first kappa shape index (κ1) is 23.9. The zero-order valence-corrected chi connectivity index (χ0v) is 19.4. The van der Waals surface area contributed by atoms with Crippen LogP contribution in [0.25, 0.3) is 17.2 Å². The first-order valence-electron chi connectivity index (χ1n) is 11.0. The highest BCUT2D eigenvalue weighted by molar-refractivity contribution is 7.90. The second-order valence-corrected chi connectivity index (χ2v) is 9.86. The molecule has 2 aromatic carbocycles. The zero-order valence-electron chi connectivity index (χ0n) is 18.6. The number of nitrogens with one attached hydrogen (secondary N) is 1. The Morgan fingerprint density at radius 2 is 1.82 bits per heavy atom. The smallest absolute Gasteiger partial charge is 0.267 e. The van der Waals surface area contributed by atoms with E-state index in [4.69, 9.17) is 9.94 Å². The van der Waals surface area contributed by atoms with Crippen LogP contribution in [-0.2, 0) is 26.0 Å². The average molecular weight is 482 g/mol. The molecule has 1 saturated heterocycles. The van der Waals surface area contributed by atoms with Crippen LogP contribution in [0.5, 0.6) is 0 Å². The van der Waals surface area contributed by atoms with E-state index in [0.29, 0.717) is 5.56 Å². The first-order chi connectivity index (χ1) is 16.5. The predicted molar refractivity (Wildman–Crippen MR) is 129 cm³/mol. The van der Waals surface area contributed by atoms with Gasteiger partial charge in [0.05, 0.1) is 18.1 Å². The number of aromatic nitrogens is 1. The average Bonchev–Trinajstić information content (AvgIpc) is 3.37. The number of hydroxylamine groups is 1. The van der Waals surface area contributed by atoms with Gasteiger partial charge < -0.3 is 4.74 Å². The van der Waals surface area contributed by atoms with Crippen molar-refractivity contribution < 1.29 is 23.2 Å². The normalized spacial score (nSPS) is 15.0. The molecule has 4 rings (SSSR count). The third-order valence-electron chi connectivity index (χ3n) is 5.74. The summed E-state index contributed by atoms with van der Waals surface area (Å²) in [4.78, 5) is 13.7. The van der Waals surface area contributed by atoms with Crippen LogP contribution >= 0.6 is 0 Å². The number of carbonyl (C=O) groups excluding carboxylic acids is 1. The monoisotopic (exact) mass is 481 g/mol. The van der Waals surface area contributed by atoms with E-state index < -0.39 is 15.9 Å². The largest absolute Gasteiger partial charge is 0.379 e. The summed E-state index contributed by atoms with van der Waals surface area (Å²) < 4.78 is 32.7. The lowest BCUT2D eigenvalue weighted by Crippen LogP contribution is -2.37. The van der Waals surface area contributed by atoms with E-state index in [9.17, 15) is 13.2 Å². The van der Waals surface area contributed by atoms with Crippen molar-refractivity contribution in [2.75, 3.05) is 32.8 Å². The summed E-state index contributed by atoms with van der Waals surface area (Å²) in [6, 6.07) is 16.6. The van der Waals surface area contributed by atoms with Crippen LogP contribution in [0.3, 0.4) is 0 Å². The summed E-state index contributed by atoms with van der Waals surface area (Å²) in [6.07, 6.45) is 6.30. The molecule has 1 fully saturated rings. The molecule has 0 aliphatic carbocycles. The van der Waals surface area contributed by atoms with Crippen LogP contribution in [0.2, 0.25) is 0 Å². The number of amides is 1. The van der Waals surface area contributed by atoms with Crippen molar-refractivity contribution in [2.24, 2.45) is 0 Å². The van der Waals surface area contributed by atoms with E-state index in [1.54, 1.807) is 24.3 Å². The summed E-state index contributed by atoms with van der Waals surface area (Å²) in [5.74, 6) is -0.699. The zero-order chi connectivity index (χ0) is 24.0. The van der Waals surface area contributed by atoms with Crippen molar-refractivity contribution in [3.8, 4) is 11.1 Å². The van der Waals surface area contributed by atoms with E-state index >= 15 is 0 Å². The number of rotatable bonds is 8. The highest BCUT2D eigenvalue weighted by Gasteiger charge is 2.17. The molecule has 1 amide bonds. The Hall–Kier alpha value is -3.24. The molecule has 3 aromatic rings. The molecule has 2 heterocycles. The molecule has 0 spiro atoms. The quantitative estimate of drug-likeness (QED) is 0.292. The summed E-state index contributed by atoms with van der Waals surface area (Å²) in [7, 11) is -3.80. The fourth-order valence-corrected chi connectivity index (χ4v) is 5.03. The Kier molecular flexibility index (Phi) is 7.59. The maximum atomic E-state index is 13.1. The van der Waals surface area contributed by atoms with E-state index in [1.807, 2.05) is 18.2 Å². The molecule has 0 saturated carbocycles. The second kappa shape index (κ2) is 10.8. The van der Waals surface area contributed by atoms with Crippen molar-refractivity contribution in [1.29, 1.82) is 0 Å². The number of nitrogens with zero attached hydrogens (tertiary/aromatic N) is 2. The van der Waals surface area contributed by atoms with Gasteiger partial charge in [-0.25, -0.2) is 17.9 Å². The third-order valence-corrected chi connectivity index (χ3v) is 7.38. The minimum absolute atomic E-state index is 0.167. The first-order valence-corrected chi connectivity index (χ1v) is 12.4. The van der Waals surface area contributed by atoms with Crippen molar-refractivity contribution in [2.45, 2.75) is 11.3 Å². The Balaban J connectivity index is 1.47. The van der Waals surface area contributed by atoms with Crippen molar-refractivity contribution in [1.82, 2.24) is 14.4 Å². The van der Waals surface area contributed by atoms with Crippen LogP contribution in [0.1, 0.15) is 11.1 Å². The molecule has 1 aliphatic rings. The highest BCUT2D eigenvalue weighted by Crippen LogP contribution is 2.25. The lowest BCUT2D eigenvalue weighted by atomic mass is 10.0. The second-order valence-electron chi connectivity index (χ2n) is 8.02. The molecular formula is C25H27N3O5S. The number of carbonyl (C=O) groups is 1. The van der Waals surface area contributed by atoms with Gasteiger partial charge in [-0.1, -0.05) is 36.4 Å². The summed E-state index contributed by atoms with van der Waals surface area (Å²) in [5.41, 5.74) is 4.99. The van der Waals surface area contributed by atoms with E-state index in [0.717, 1.165) is 60.4 Å². The number of ether oxygens (including phenoxy) is 1. The molecule has 178 valence electrons. The van der Waals surface area contributed by atoms with Gasteiger partial charge in [-0.05, 0) is 52.9 Å². The minimum atomic E-state index is -3.80. The van der Waals surface area contributed by atoms with E-state index in [1.165, 1.54) is 29.5 Å². The molecule has 1 aromatic heterocycles. The Bertz CT molecular complexity index is 1260. The van der Waals surface area contributed by atoms with Crippen molar-refractivity contribution in [3.05, 3.63) is 84.2 Å². The number of hydrogen-bond donors (Lipinski definition) is 2. The van der Waals surface area contributed by atoms with Gasteiger partial charge >= 0.3 is 0 Å². The van der Waals surface area contributed by atoms with Crippen LogP contribution < -0.4 is 5.48 Å². The Labute approximate surface area is 199 Å². The van der Waals surface area contributed by atoms with E-state index in [-0.39, 0.29) is 4.90 Å². The summed E-state index contributed by atoms with van der Waals surface area (Å²) >= 11 is 0. The molecule has 2 N–H and O–H groups in total. The van der Waals surface area contributed by atoms with Crippen LogP contribution in [0, 0.1) is 0 Å². The number of hydrogen-bond acceptors (Lipinski definition) is 6. The molecule has 8 nitrogen and oxygen atoms in total. The minimum Gasteiger partial charge on any atom is -0.379 e. The van der Waals surface area contributed by atoms with Gasteiger partial charge in [0, 0.05) is 38.1 Å². The number of benzene rings is 2. The lowest BCUT2D eigenvalue weighted by molar-refractivity contribution is -0.124. The molecule has 9 heteroatoms. The van der Waals surface area contributed by atoms with Gasteiger partial charge in [0.1, 0.15) is 0 Å². The van der Waals surface area contributed by atoms with Gasteiger partial charge in [0.15, 0.2) is 0 Å². The van der Waals surface area contributed by atoms with Crippen molar-refractivity contribution >= 4 is 22.0 Å². The van der Waals surface area contributed by atoms with Crippen LogP contribution in [0.4, 0.5) is 0 Å². The summed E-state index contributed by atoms with van der Waals surface area (Å²) in [5, 5.41) is 8.55. The van der Waals surface area contributed by atoms with Gasteiger partial charge in [-0.3, -0.25) is 14.9 Å². The topological polar surface area (TPSA) is 101 Å². The van der Waals surface area contributed by atoms with Crippen molar-refractivity contribution in [3.63, 3.8) is 0 Å². The number of morpholine rings is 1. The predicted octanol–water partition coefficient (Wildman–Crippen LogP) is 2.79. The van der Waals surface area contributed by atoms with E-state index in [2.05, 4.69) is 17.0 Å². The Morgan fingerprint density at radius 1 is 1.06 bits per heavy atom. The molecule has 0 unspecified atom stereocenters. The fourth-order valence-electron chi connectivity index (χ4n) is 3.78. The maximum absolute atomic E-state index is 13.1. The van der Waals surface area contributed by atoms with Gasteiger partial charge in [-0.15, -0.1) is 0 Å². The summed E-state index contributed by atoms with van der Waals surface area (Å²) in [6.45, 7) is 4.52. The molecule has 1 aliphatic heterocycles. The van der Waals surface area contributed by atoms with Crippen LogP contribution in [-0.4, -0.2) is 61.3 Å². The maximum Gasteiger partial charge on any atom is 0.267 e. The lowest BCUT2D eigenvalue weighted by Gasteiger charge is -2.26. The molecular weight excluding hydrogens is 454 g/mol. The highest BCUT2D eigenvalue weighted by atomic mass is 32.2. The molecule has 0 atom stereocenters. The molecule has 0 radical (unpaired) electrons. The van der Waals surface area contributed by atoms with Gasteiger partial charge in [0.2, 0.25) is 0 Å². The standard InChI is InChI=1S/C25H27N3O5S/c29-25(26-30)9-6-21-11-13-28(19-21)34(31,32)24-3-1-2-23(18-24)22-7-4-20(5-8-22)10-12-27-14-16-33-17-15-27/h1-9,11,13,18-19,30H,10,12,14-17H2,(H,26,29)/b9-6+. The van der Waals surface area contributed by atoms with Gasteiger partial charge in [-0.2, -0.15) is 0 Å². The van der Waals surface area contributed by atoms with Gasteiger partial charge in [0.25, 0.3) is 15.9 Å². The molecule has 34 heavy (non-hydrogen) atoms. The fraction of sp³-hybridized carbons (Fsp3) is 0.240. The third kappa shape index (κ3) is 5.81.